The fourth-order valence-electron chi connectivity index (χ4n) is 1.00. The van der Waals surface area contributed by atoms with E-state index in [-0.39, 0.29) is 11.8 Å². The number of hydrogen-bond donors (Lipinski definition) is 2. The Morgan fingerprint density at radius 3 is 2.07 bits per heavy atom. The molecule has 0 bridgehead atoms. The van der Waals surface area contributed by atoms with Crippen molar-refractivity contribution in [3.05, 3.63) is 0 Å². The molecule has 0 fully saturated rings. The van der Waals surface area contributed by atoms with Gasteiger partial charge in [0.2, 0.25) is 11.8 Å². The first-order valence-electron chi connectivity index (χ1n) is 5.30. The zero-order chi connectivity index (χ0) is 11.5. The monoisotopic (exact) mass is 234 g/mol. The fraction of sp³-hybridized carbons (Fsp3) is 0.800. The Hall–Kier alpha value is -0.770. The SMILES string of the molecule is CCCCC(=O)NCCNC(=O)CCCl. The predicted octanol–water partition coefficient (Wildman–Crippen LogP) is 1.04. The Bertz CT molecular complexity index is 198. The first-order chi connectivity index (χ1) is 7.20. The summed E-state index contributed by atoms with van der Waals surface area (Å²) < 4.78 is 0. The second kappa shape index (κ2) is 9.77. The zero-order valence-corrected chi connectivity index (χ0v) is 9.90. The van der Waals surface area contributed by atoms with Crippen LogP contribution in [0.3, 0.4) is 0 Å². The molecule has 4 nitrogen and oxygen atoms in total. The highest BCUT2D eigenvalue weighted by Gasteiger charge is 2.00. The Morgan fingerprint density at radius 1 is 1.07 bits per heavy atom. The van der Waals surface area contributed by atoms with Gasteiger partial charge in [-0.25, -0.2) is 0 Å². The van der Waals surface area contributed by atoms with Crippen molar-refractivity contribution >= 4 is 23.4 Å². The molecule has 0 aromatic heterocycles. The normalized spacial score (nSPS) is 9.73. The Balaban J connectivity index is 3.30. The standard InChI is InChI=1S/C10H19ClN2O2/c1-2-3-4-9(14)12-7-8-13-10(15)5-6-11/h2-8H2,1H3,(H,12,14)(H,13,15). The molecule has 0 saturated heterocycles. The van der Waals surface area contributed by atoms with Gasteiger partial charge in [-0.15, -0.1) is 11.6 Å². The van der Waals surface area contributed by atoms with Crippen molar-refractivity contribution in [3.63, 3.8) is 0 Å². The van der Waals surface area contributed by atoms with Gasteiger partial charge in [-0.05, 0) is 6.42 Å². The number of nitrogens with one attached hydrogen (secondary N) is 2. The molecule has 2 amide bonds. The maximum atomic E-state index is 11.1. The van der Waals surface area contributed by atoms with Gasteiger partial charge in [-0.2, -0.15) is 0 Å². The first-order valence-corrected chi connectivity index (χ1v) is 5.83. The molecule has 0 saturated carbocycles. The van der Waals surface area contributed by atoms with Crippen LogP contribution in [0, 0.1) is 0 Å². The third-order valence-electron chi connectivity index (χ3n) is 1.85. The van der Waals surface area contributed by atoms with Gasteiger partial charge in [-0.3, -0.25) is 9.59 Å². The summed E-state index contributed by atoms with van der Waals surface area (Å²) in [7, 11) is 0. The lowest BCUT2D eigenvalue weighted by Gasteiger charge is -2.05. The maximum absolute atomic E-state index is 11.1. The number of unbranched alkanes of at least 4 members (excludes halogenated alkanes) is 1. The molecule has 0 aromatic rings. The van der Waals surface area contributed by atoms with Crippen LogP contribution < -0.4 is 10.6 Å². The first kappa shape index (κ1) is 14.2. The van der Waals surface area contributed by atoms with Gasteiger partial charge in [0.1, 0.15) is 0 Å². The van der Waals surface area contributed by atoms with Gasteiger partial charge in [0.15, 0.2) is 0 Å². The Kier molecular flexibility index (Phi) is 9.27. The molecule has 0 aliphatic rings. The molecule has 0 unspecified atom stereocenters. The van der Waals surface area contributed by atoms with Crippen molar-refractivity contribution in [2.45, 2.75) is 32.6 Å². The smallest absolute Gasteiger partial charge is 0.221 e. The lowest BCUT2D eigenvalue weighted by Crippen LogP contribution is -2.34. The van der Waals surface area contributed by atoms with E-state index in [0.717, 1.165) is 12.8 Å². The van der Waals surface area contributed by atoms with Gasteiger partial charge in [0, 0.05) is 31.8 Å². The Morgan fingerprint density at radius 2 is 1.60 bits per heavy atom. The van der Waals surface area contributed by atoms with Crippen LogP contribution in [0.25, 0.3) is 0 Å². The molecule has 0 aliphatic carbocycles. The number of alkyl halides is 1. The van der Waals surface area contributed by atoms with Crippen LogP contribution in [-0.4, -0.2) is 30.8 Å². The van der Waals surface area contributed by atoms with E-state index in [1.165, 1.54) is 0 Å². The van der Waals surface area contributed by atoms with Gasteiger partial charge in [-0.1, -0.05) is 13.3 Å². The molecule has 0 spiro atoms. The quantitative estimate of drug-likeness (QED) is 0.487. The molecule has 15 heavy (non-hydrogen) atoms. The summed E-state index contributed by atoms with van der Waals surface area (Å²) >= 11 is 5.39. The lowest BCUT2D eigenvalue weighted by atomic mass is 10.2. The second-order valence-electron chi connectivity index (χ2n) is 3.24. The van der Waals surface area contributed by atoms with Crippen LogP contribution in [0.15, 0.2) is 0 Å². The molecule has 0 aliphatic heterocycles. The highest BCUT2D eigenvalue weighted by molar-refractivity contribution is 6.18. The molecule has 0 radical (unpaired) electrons. The van der Waals surface area contributed by atoms with Crippen LogP contribution in [-0.2, 0) is 9.59 Å². The summed E-state index contributed by atoms with van der Waals surface area (Å²) in [6, 6.07) is 0. The zero-order valence-electron chi connectivity index (χ0n) is 9.14. The highest BCUT2D eigenvalue weighted by atomic mass is 35.5. The number of hydrogen-bond acceptors (Lipinski definition) is 2. The van der Waals surface area contributed by atoms with Crippen LogP contribution in [0.4, 0.5) is 0 Å². The van der Waals surface area contributed by atoms with E-state index in [0.29, 0.717) is 31.8 Å². The summed E-state index contributed by atoms with van der Waals surface area (Å²) in [4.78, 5) is 22.1. The van der Waals surface area contributed by atoms with Crippen molar-refractivity contribution in [1.82, 2.24) is 10.6 Å². The summed E-state index contributed by atoms with van der Waals surface area (Å²) in [5, 5.41) is 5.39. The van der Waals surface area contributed by atoms with E-state index in [2.05, 4.69) is 10.6 Å². The third-order valence-corrected chi connectivity index (χ3v) is 2.04. The summed E-state index contributed by atoms with van der Waals surface area (Å²) in [6.45, 7) is 2.99. The Labute approximate surface area is 95.7 Å². The minimum absolute atomic E-state index is 0.0449. The van der Waals surface area contributed by atoms with Crippen molar-refractivity contribution in [1.29, 1.82) is 0 Å². The molecule has 2 N–H and O–H groups in total. The van der Waals surface area contributed by atoms with Gasteiger partial charge in [0.05, 0.1) is 0 Å². The van der Waals surface area contributed by atoms with Crippen LogP contribution in [0.5, 0.6) is 0 Å². The average molecular weight is 235 g/mol. The predicted molar refractivity (Wildman–Crippen MR) is 60.9 cm³/mol. The van der Waals surface area contributed by atoms with E-state index >= 15 is 0 Å². The molecule has 5 heteroatoms. The molecule has 0 atom stereocenters. The average Bonchev–Trinajstić information content (AvgIpc) is 2.22. The molecule has 88 valence electrons. The van der Waals surface area contributed by atoms with E-state index in [4.69, 9.17) is 11.6 Å². The minimum Gasteiger partial charge on any atom is -0.354 e. The largest absolute Gasteiger partial charge is 0.354 e. The third kappa shape index (κ3) is 9.53. The number of carbonyl (C=O) groups excluding carboxylic acids is 2. The summed E-state index contributed by atoms with van der Waals surface area (Å²) in [6.07, 6.45) is 2.81. The number of rotatable bonds is 8. The second-order valence-corrected chi connectivity index (χ2v) is 3.62. The molecule has 0 heterocycles. The van der Waals surface area contributed by atoms with Crippen LogP contribution in [0.2, 0.25) is 0 Å². The molecular formula is C10H19ClN2O2. The van der Waals surface area contributed by atoms with E-state index in [9.17, 15) is 9.59 Å². The maximum Gasteiger partial charge on any atom is 0.221 e. The summed E-state index contributed by atoms with van der Waals surface area (Å²) in [5.74, 6) is 0.297. The van der Waals surface area contributed by atoms with E-state index in [1.54, 1.807) is 0 Å². The minimum atomic E-state index is -0.0761. The van der Waals surface area contributed by atoms with Crippen molar-refractivity contribution in [2.75, 3.05) is 19.0 Å². The van der Waals surface area contributed by atoms with E-state index < -0.39 is 0 Å². The number of amides is 2. The number of carbonyl (C=O) groups is 2. The highest BCUT2D eigenvalue weighted by Crippen LogP contribution is 1.92. The van der Waals surface area contributed by atoms with Crippen molar-refractivity contribution in [3.8, 4) is 0 Å². The van der Waals surface area contributed by atoms with Crippen LogP contribution >= 0.6 is 11.6 Å². The molecule has 0 aromatic carbocycles. The van der Waals surface area contributed by atoms with Crippen molar-refractivity contribution in [2.24, 2.45) is 0 Å². The van der Waals surface area contributed by atoms with Gasteiger partial charge in [0.25, 0.3) is 0 Å². The lowest BCUT2D eigenvalue weighted by molar-refractivity contribution is -0.122. The van der Waals surface area contributed by atoms with Crippen LogP contribution in [0.1, 0.15) is 32.6 Å². The van der Waals surface area contributed by atoms with Gasteiger partial charge < -0.3 is 10.6 Å². The fourth-order valence-corrected chi connectivity index (χ4v) is 1.18. The summed E-state index contributed by atoms with van der Waals surface area (Å²) in [5.41, 5.74) is 0. The molecular weight excluding hydrogens is 216 g/mol. The molecule has 0 rings (SSSR count). The topological polar surface area (TPSA) is 58.2 Å². The van der Waals surface area contributed by atoms with Crippen molar-refractivity contribution < 1.29 is 9.59 Å². The number of halogens is 1. The van der Waals surface area contributed by atoms with E-state index in [1.807, 2.05) is 6.92 Å². The van der Waals surface area contributed by atoms with Gasteiger partial charge >= 0.3 is 0 Å².